The third kappa shape index (κ3) is 5.46. The van der Waals surface area contributed by atoms with Crippen molar-refractivity contribution < 1.29 is 8.42 Å². The van der Waals surface area contributed by atoms with Crippen molar-refractivity contribution in [3.63, 3.8) is 0 Å². The van der Waals surface area contributed by atoms with E-state index in [0.29, 0.717) is 33.5 Å². The lowest BCUT2D eigenvalue weighted by Gasteiger charge is -2.17. The summed E-state index contributed by atoms with van der Waals surface area (Å²) in [4.78, 5) is 18.7. The van der Waals surface area contributed by atoms with Crippen LogP contribution in [0.5, 0.6) is 0 Å². The Hall–Kier alpha value is -4.87. The first-order valence-corrected chi connectivity index (χ1v) is 14.1. The second-order valence-corrected chi connectivity index (χ2v) is 11.3. The van der Waals surface area contributed by atoms with Crippen LogP contribution in [0, 0.1) is 5.41 Å². The quantitative estimate of drug-likeness (QED) is 0.236. The van der Waals surface area contributed by atoms with Crippen molar-refractivity contribution in [2.24, 2.45) is 0 Å². The van der Waals surface area contributed by atoms with Crippen LogP contribution in [0.15, 0.2) is 94.6 Å². The van der Waals surface area contributed by atoms with Gasteiger partial charge in [0, 0.05) is 34.3 Å². The number of sulfone groups is 1. The predicted molar refractivity (Wildman–Crippen MR) is 156 cm³/mol. The summed E-state index contributed by atoms with van der Waals surface area (Å²) in [7, 11) is -3.47. The summed E-state index contributed by atoms with van der Waals surface area (Å²) in [5.41, 5.74) is 8.03. The summed E-state index contributed by atoms with van der Waals surface area (Å²) in [6.07, 6.45) is 2.02. The third-order valence-corrected chi connectivity index (χ3v) is 7.36. The average Bonchev–Trinajstić information content (AvgIpc) is 2.94. The number of nitrogens with zero attached hydrogens (tertiary/aromatic N) is 4. The number of benzene rings is 3. The fourth-order valence-electron chi connectivity index (χ4n) is 4.01. The Balaban J connectivity index is 1.68. The standard InChI is InChI=1S/C28H22ClN7O3S/c1-40(38,39)22-4-2-3-20(15-22)32-26-23(16-30)28(37)36(21-11-9-19(29)10-12-21)27(33-26)18-7-5-17(6-8-18)24-13-14-25(31)35-34-24/h2-16,30,32H,1H3,(H2,31,35). The molecule has 10 nitrogen and oxygen atoms in total. The number of halogens is 1. The number of hydrogen-bond donors (Lipinski definition) is 3. The van der Waals surface area contributed by atoms with Gasteiger partial charge in [0.05, 0.1) is 16.3 Å². The molecule has 40 heavy (non-hydrogen) atoms. The SMILES string of the molecule is CS(=O)(=O)c1cccc(Nc2nc(-c3ccc(-c4ccc(N)nn4)cc3)n(-c3ccc(Cl)cc3)c(=O)c2C=N)c1. The summed E-state index contributed by atoms with van der Waals surface area (Å²) in [5, 5.41) is 19.5. The highest BCUT2D eigenvalue weighted by Crippen LogP contribution is 2.28. The first kappa shape index (κ1) is 26.7. The van der Waals surface area contributed by atoms with E-state index >= 15 is 0 Å². The van der Waals surface area contributed by atoms with Gasteiger partial charge in [-0.1, -0.05) is 41.9 Å². The van der Waals surface area contributed by atoms with Gasteiger partial charge in [0.15, 0.2) is 9.84 Å². The van der Waals surface area contributed by atoms with Crippen LogP contribution in [0.3, 0.4) is 0 Å². The van der Waals surface area contributed by atoms with Gasteiger partial charge >= 0.3 is 0 Å². The van der Waals surface area contributed by atoms with Gasteiger partial charge in [-0.2, -0.15) is 0 Å². The van der Waals surface area contributed by atoms with Crippen LogP contribution in [-0.4, -0.2) is 40.6 Å². The fraction of sp³-hybridized carbons (Fsp3) is 0.0357. The normalized spacial score (nSPS) is 11.2. The van der Waals surface area contributed by atoms with E-state index in [9.17, 15) is 13.2 Å². The molecule has 0 saturated heterocycles. The maximum absolute atomic E-state index is 13.8. The Kier molecular flexibility index (Phi) is 7.16. The van der Waals surface area contributed by atoms with E-state index in [1.807, 2.05) is 12.1 Å². The molecule has 0 unspecified atom stereocenters. The summed E-state index contributed by atoms with van der Waals surface area (Å²) < 4.78 is 25.5. The van der Waals surface area contributed by atoms with Crippen molar-refractivity contribution in [2.75, 3.05) is 17.3 Å². The molecule has 0 spiro atoms. The topological polar surface area (TPSA) is 157 Å². The molecule has 0 aliphatic heterocycles. The maximum Gasteiger partial charge on any atom is 0.269 e. The molecule has 0 amide bonds. The van der Waals surface area contributed by atoms with Crippen LogP contribution < -0.4 is 16.6 Å². The van der Waals surface area contributed by atoms with Crippen LogP contribution in [0.4, 0.5) is 17.3 Å². The van der Waals surface area contributed by atoms with E-state index in [0.717, 1.165) is 18.0 Å². The number of nitrogen functional groups attached to an aromatic ring is 1. The van der Waals surface area contributed by atoms with Gasteiger partial charge in [-0.15, -0.1) is 10.2 Å². The molecule has 5 rings (SSSR count). The zero-order valence-electron chi connectivity index (χ0n) is 21.0. The van der Waals surface area contributed by atoms with Crippen LogP contribution in [-0.2, 0) is 9.84 Å². The van der Waals surface area contributed by atoms with Crippen molar-refractivity contribution in [1.29, 1.82) is 5.41 Å². The van der Waals surface area contributed by atoms with E-state index in [1.54, 1.807) is 60.7 Å². The maximum atomic E-state index is 13.8. The smallest absolute Gasteiger partial charge is 0.269 e. The summed E-state index contributed by atoms with van der Waals surface area (Å²) in [5.74, 6) is 0.693. The molecule has 0 aliphatic rings. The first-order valence-electron chi connectivity index (χ1n) is 11.8. The van der Waals surface area contributed by atoms with E-state index in [2.05, 4.69) is 15.5 Å². The molecule has 4 N–H and O–H groups in total. The van der Waals surface area contributed by atoms with Crippen molar-refractivity contribution >= 4 is 45.0 Å². The molecule has 2 aromatic heterocycles. The molecular formula is C28H22ClN7O3S. The van der Waals surface area contributed by atoms with Gasteiger partial charge in [-0.25, -0.2) is 13.4 Å². The molecule has 0 fully saturated rings. The molecule has 0 aliphatic carbocycles. The minimum atomic E-state index is -3.47. The van der Waals surface area contributed by atoms with Gasteiger partial charge in [0.1, 0.15) is 23.0 Å². The lowest BCUT2D eigenvalue weighted by Crippen LogP contribution is -2.26. The number of anilines is 3. The zero-order valence-corrected chi connectivity index (χ0v) is 22.6. The first-order chi connectivity index (χ1) is 19.1. The highest BCUT2D eigenvalue weighted by atomic mass is 35.5. The van der Waals surface area contributed by atoms with Gasteiger partial charge in [-0.3, -0.25) is 9.36 Å². The number of nitrogens with two attached hydrogens (primary N) is 1. The molecule has 12 heteroatoms. The van der Waals surface area contributed by atoms with Crippen molar-refractivity contribution in [3.05, 3.63) is 106 Å². The summed E-state index contributed by atoms with van der Waals surface area (Å²) >= 11 is 6.09. The number of rotatable bonds is 7. The van der Waals surface area contributed by atoms with E-state index in [1.165, 1.54) is 16.7 Å². The Morgan fingerprint density at radius 3 is 2.27 bits per heavy atom. The van der Waals surface area contributed by atoms with Crippen LogP contribution >= 0.6 is 11.6 Å². The van der Waals surface area contributed by atoms with Crippen LogP contribution in [0.2, 0.25) is 5.02 Å². The van der Waals surface area contributed by atoms with E-state index in [4.69, 9.17) is 27.7 Å². The lowest BCUT2D eigenvalue weighted by molar-refractivity contribution is 0.602. The zero-order chi connectivity index (χ0) is 28.4. The highest BCUT2D eigenvalue weighted by Gasteiger charge is 2.19. The molecule has 200 valence electrons. The third-order valence-electron chi connectivity index (χ3n) is 6.00. The van der Waals surface area contributed by atoms with E-state index in [-0.39, 0.29) is 22.1 Å². The van der Waals surface area contributed by atoms with E-state index < -0.39 is 15.4 Å². The van der Waals surface area contributed by atoms with Gasteiger partial charge in [0.25, 0.3) is 5.56 Å². The second kappa shape index (κ2) is 10.7. The average molecular weight is 572 g/mol. The Morgan fingerprint density at radius 2 is 1.65 bits per heavy atom. The Morgan fingerprint density at radius 1 is 0.950 bits per heavy atom. The summed E-state index contributed by atoms with van der Waals surface area (Å²) in [6.45, 7) is 0. The van der Waals surface area contributed by atoms with Crippen LogP contribution in [0.1, 0.15) is 5.56 Å². The predicted octanol–water partition coefficient (Wildman–Crippen LogP) is 4.74. The number of aromatic nitrogens is 4. The molecule has 0 bridgehead atoms. The molecule has 0 radical (unpaired) electrons. The summed E-state index contributed by atoms with van der Waals surface area (Å²) in [6, 6.07) is 23.5. The number of nitrogens with one attached hydrogen (secondary N) is 2. The minimum Gasteiger partial charge on any atom is -0.382 e. The van der Waals surface area contributed by atoms with Gasteiger partial charge in [0.2, 0.25) is 0 Å². The lowest BCUT2D eigenvalue weighted by atomic mass is 10.1. The molecule has 0 atom stereocenters. The number of hydrogen-bond acceptors (Lipinski definition) is 9. The fourth-order valence-corrected chi connectivity index (χ4v) is 4.80. The van der Waals surface area contributed by atoms with Gasteiger partial charge < -0.3 is 16.5 Å². The largest absolute Gasteiger partial charge is 0.382 e. The van der Waals surface area contributed by atoms with Gasteiger partial charge in [-0.05, 0) is 54.6 Å². The Bertz CT molecular complexity index is 1890. The molecule has 3 aromatic carbocycles. The monoisotopic (exact) mass is 571 g/mol. The molecule has 0 saturated carbocycles. The molecular weight excluding hydrogens is 550 g/mol. The highest BCUT2D eigenvalue weighted by molar-refractivity contribution is 7.90. The van der Waals surface area contributed by atoms with Crippen molar-refractivity contribution in [2.45, 2.75) is 4.90 Å². The second-order valence-electron chi connectivity index (χ2n) is 8.80. The Labute approximate surface area is 234 Å². The van der Waals surface area contributed by atoms with Crippen molar-refractivity contribution in [3.8, 4) is 28.3 Å². The van der Waals surface area contributed by atoms with Crippen LogP contribution in [0.25, 0.3) is 28.3 Å². The van der Waals surface area contributed by atoms with Crippen molar-refractivity contribution in [1.82, 2.24) is 19.7 Å². The molecule has 5 aromatic rings. The molecule has 2 heterocycles. The minimum absolute atomic E-state index is 0.0165.